The first-order chi connectivity index (χ1) is 12.8. The van der Waals surface area contributed by atoms with Crippen LogP contribution in [-0.4, -0.2) is 5.91 Å². The second-order valence-corrected chi connectivity index (χ2v) is 6.29. The zero-order valence-electron chi connectivity index (χ0n) is 14.7. The summed E-state index contributed by atoms with van der Waals surface area (Å²) in [4.78, 5) is 14.6. The lowest BCUT2D eigenvalue weighted by Crippen LogP contribution is -2.30. The summed E-state index contributed by atoms with van der Waals surface area (Å²) in [6.07, 6.45) is -4.50. The van der Waals surface area contributed by atoms with Crippen LogP contribution in [0.5, 0.6) is 0 Å². The maximum Gasteiger partial charge on any atom is 0.416 e. The van der Waals surface area contributed by atoms with Crippen LogP contribution >= 0.6 is 0 Å². The monoisotopic (exact) mass is 369 g/mol. The topological polar surface area (TPSA) is 20.3 Å². The number of rotatable bonds is 4. The Labute approximate surface area is 155 Å². The van der Waals surface area contributed by atoms with E-state index in [-0.39, 0.29) is 12.1 Å². The van der Waals surface area contributed by atoms with E-state index < -0.39 is 17.6 Å². The van der Waals surface area contributed by atoms with E-state index in [0.717, 1.165) is 23.3 Å². The molecule has 0 fully saturated rings. The molecular formula is C22H18F3NO. The summed E-state index contributed by atoms with van der Waals surface area (Å²) in [6.45, 7) is 2.19. The van der Waals surface area contributed by atoms with Crippen LogP contribution < -0.4 is 4.90 Å². The molecule has 3 aromatic rings. The number of halogens is 3. The number of carbonyl (C=O) groups excluding carboxylic acids is 1. The first-order valence-electron chi connectivity index (χ1n) is 8.44. The minimum Gasteiger partial charge on any atom is -0.304 e. The lowest BCUT2D eigenvalue weighted by molar-refractivity contribution is -0.137. The van der Waals surface area contributed by atoms with Crippen molar-refractivity contribution in [3.8, 4) is 0 Å². The second kappa shape index (κ2) is 7.66. The molecule has 5 heteroatoms. The molecule has 0 aromatic heterocycles. The average molecular weight is 369 g/mol. The molecule has 138 valence electrons. The SMILES string of the molecule is Cc1ccc(N(Cc2ccccc2)C(=O)c2cccc(C(F)(F)F)c2)cc1. The molecule has 0 spiro atoms. The van der Waals surface area contributed by atoms with E-state index in [1.807, 2.05) is 49.4 Å². The molecule has 0 saturated heterocycles. The van der Waals surface area contributed by atoms with Gasteiger partial charge in [0.2, 0.25) is 0 Å². The molecule has 3 aromatic carbocycles. The molecule has 2 nitrogen and oxygen atoms in total. The van der Waals surface area contributed by atoms with Crippen LogP contribution in [0.25, 0.3) is 0 Å². The van der Waals surface area contributed by atoms with Crippen LogP contribution in [0.4, 0.5) is 18.9 Å². The molecule has 0 radical (unpaired) electrons. The summed E-state index contributed by atoms with van der Waals surface area (Å²) >= 11 is 0. The third-order valence-corrected chi connectivity index (χ3v) is 4.21. The minimum atomic E-state index is -4.50. The van der Waals surface area contributed by atoms with Crippen molar-refractivity contribution in [1.29, 1.82) is 0 Å². The summed E-state index contributed by atoms with van der Waals surface area (Å²) in [7, 11) is 0. The Balaban J connectivity index is 1.99. The number of alkyl halides is 3. The van der Waals surface area contributed by atoms with Crippen molar-refractivity contribution >= 4 is 11.6 Å². The molecule has 0 saturated carbocycles. The number of hydrogen-bond donors (Lipinski definition) is 0. The van der Waals surface area contributed by atoms with Gasteiger partial charge in [0.1, 0.15) is 0 Å². The van der Waals surface area contributed by atoms with Gasteiger partial charge in [0.25, 0.3) is 5.91 Å². The molecule has 0 atom stereocenters. The zero-order chi connectivity index (χ0) is 19.4. The molecule has 1 amide bonds. The van der Waals surface area contributed by atoms with Gasteiger partial charge in [-0.25, -0.2) is 0 Å². The lowest BCUT2D eigenvalue weighted by Gasteiger charge is -2.24. The Morgan fingerprint density at radius 1 is 0.889 bits per heavy atom. The highest BCUT2D eigenvalue weighted by Crippen LogP contribution is 2.30. The fourth-order valence-corrected chi connectivity index (χ4v) is 2.76. The van der Waals surface area contributed by atoms with E-state index in [4.69, 9.17) is 0 Å². The van der Waals surface area contributed by atoms with Crippen LogP contribution in [-0.2, 0) is 12.7 Å². The van der Waals surface area contributed by atoms with Crippen LogP contribution in [0.1, 0.15) is 27.0 Å². The van der Waals surface area contributed by atoms with Crippen molar-refractivity contribution in [2.45, 2.75) is 19.6 Å². The van der Waals surface area contributed by atoms with Crippen molar-refractivity contribution < 1.29 is 18.0 Å². The fraction of sp³-hybridized carbons (Fsp3) is 0.136. The minimum absolute atomic E-state index is 0.00123. The van der Waals surface area contributed by atoms with Gasteiger partial charge in [0, 0.05) is 11.3 Å². The summed E-state index contributed by atoms with van der Waals surface area (Å²) < 4.78 is 39.1. The molecule has 27 heavy (non-hydrogen) atoms. The third kappa shape index (κ3) is 4.56. The molecule has 0 aliphatic rings. The lowest BCUT2D eigenvalue weighted by atomic mass is 10.1. The van der Waals surface area contributed by atoms with E-state index in [1.165, 1.54) is 17.0 Å². The molecular weight excluding hydrogens is 351 g/mol. The summed E-state index contributed by atoms with van der Waals surface area (Å²) in [6, 6.07) is 21.2. The van der Waals surface area contributed by atoms with Gasteiger partial charge < -0.3 is 4.90 Å². The summed E-state index contributed by atoms with van der Waals surface area (Å²) in [5, 5.41) is 0. The van der Waals surface area contributed by atoms with Gasteiger partial charge >= 0.3 is 6.18 Å². The Bertz CT molecular complexity index is 918. The zero-order valence-corrected chi connectivity index (χ0v) is 14.7. The highest BCUT2D eigenvalue weighted by atomic mass is 19.4. The van der Waals surface area contributed by atoms with Crippen molar-refractivity contribution in [3.63, 3.8) is 0 Å². The summed E-state index contributed by atoms with van der Waals surface area (Å²) in [5.41, 5.74) is 1.72. The largest absolute Gasteiger partial charge is 0.416 e. The number of nitrogens with zero attached hydrogens (tertiary/aromatic N) is 1. The van der Waals surface area contributed by atoms with Gasteiger partial charge in [-0.2, -0.15) is 13.2 Å². The van der Waals surface area contributed by atoms with Gasteiger partial charge in [-0.15, -0.1) is 0 Å². The molecule has 0 N–H and O–H groups in total. The Hall–Kier alpha value is -3.08. The van der Waals surface area contributed by atoms with Crippen molar-refractivity contribution in [3.05, 3.63) is 101 Å². The Morgan fingerprint density at radius 2 is 1.56 bits per heavy atom. The Morgan fingerprint density at radius 3 is 2.19 bits per heavy atom. The number of benzene rings is 3. The maximum absolute atomic E-state index is 13.1. The van der Waals surface area contributed by atoms with E-state index in [1.54, 1.807) is 12.1 Å². The number of carbonyl (C=O) groups is 1. The highest BCUT2D eigenvalue weighted by Gasteiger charge is 2.31. The van der Waals surface area contributed by atoms with Crippen molar-refractivity contribution in [2.75, 3.05) is 4.90 Å². The normalized spacial score (nSPS) is 11.3. The predicted octanol–water partition coefficient (Wildman–Crippen LogP) is 5.86. The first-order valence-corrected chi connectivity index (χ1v) is 8.44. The van der Waals surface area contributed by atoms with Gasteiger partial charge in [-0.3, -0.25) is 4.79 Å². The van der Waals surface area contributed by atoms with E-state index in [2.05, 4.69) is 0 Å². The number of anilines is 1. The Kier molecular flexibility index (Phi) is 5.31. The van der Waals surface area contributed by atoms with E-state index >= 15 is 0 Å². The van der Waals surface area contributed by atoms with Crippen molar-refractivity contribution in [1.82, 2.24) is 0 Å². The molecule has 3 rings (SSSR count). The predicted molar refractivity (Wildman–Crippen MR) is 99.6 cm³/mol. The second-order valence-electron chi connectivity index (χ2n) is 6.29. The standard InChI is InChI=1S/C22H18F3NO/c1-16-10-12-20(13-11-16)26(15-17-6-3-2-4-7-17)21(27)18-8-5-9-19(14-18)22(23,24)25/h2-14H,15H2,1H3. The molecule has 0 aliphatic heterocycles. The maximum atomic E-state index is 13.1. The smallest absolute Gasteiger partial charge is 0.304 e. The quantitative estimate of drug-likeness (QED) is 0.564. The first kappa shape index (κ1) is 18.7. The fourth-order valence-electron chi connectivity index (χ4n) is 2.76. The number of amides is 1. The van der Waals surface area contributed by atoms with Gasteiger partial charge in [-0.05, 0) is 42.8 Å². The molecule has 0 bridgehead atoms. The van der Waals surface area contributed by atoms with Crippen LogP contribution in [0.15, 0.2) is 78.9 Å². The molecule has 0 aliphatic carbocycles. The van der Waals surface area contributed by atoms with Gasteiger partial charge in [0.05, 0.1) is 12.1 Å². The molecule has 0 unspecified atom stereocenters. The van der Waals surface area contributed by atoms with E-state index in [0.29, 0.717) is 5.69 Å². The number of hydrogen-bond acceptors (Lipinski definition) is 1. The van der Waals surface area contributed by atoms with Gasteiger partial charge in [-0.1, -0.05) is 54.1 Å². The van der Waals surface area contributed by atoms with Crippen LogP contribution in [0, 0.1) is 6.92 Å². The average Bonchev–Trinajstić information content (AvgIpc) is 2.67. The van der Waals surface area contributed by atoms with Crippen LogP contribution in [0.2, 0.25) is 0 Å². The van der Waals surface area contributed by atoms with Crippen LogP contribution in [0.3, 0.4) is 0 Å². The van der Waals surface area contributed by atoms with Gasteiger partial charge in [0.15, 0.2) is 0 Å². The van der Waals surface area contributed by atoms with Crippen molar-refractivity contribution in [2.24, 2.45) is 0 Å². The van der Waals surface area contributed by atoms with E-state index in [9.17, 15) is 18.0 Å². The summed E-state index contributed by atoms with van der Waals surface area (Å²) in [5.74, 6) is -0.478. The third-order valence-electron chi connectivity index (χ3n) is 4.21. The highest BCUT2D eigenvalue weighted by molar-refractivity contribution is 6.06. The number of aryl methyl sites for hydroxylation is 1. The molecule has 0 heterocycles.